The summed E-state index contributed by atoms with van der Waals surface area (Å²) in [5, 5.41) is 11.8. The molecule has 0 saturated carbocycles. The van der Waals surface area contributed by atoms with Crippen molar-refractivity contribution in [3.05, 3.63) is 109 Å². The second kappa shape index (κ2) is 69.8. The summed E-state index contributed by atoms with van der Waals surface area (Å²) in [6, 6.07) is 0. The van der Waals surface area contributed by atoms with Crippen LogP contribution in [0.5, 0.6) is 0 Å². The maximum Gasteiger partial charge on any atom is 0.306 e. The Morgan fingerprint density at radius 1 is 0.348 bits per heavy atom. The summed E-state index contributed by atoms with van der Waals surface area (Å²) in [4.78, 5) is 37.5. The molecule has 0 aromatic heterocycles. The lowest BCUT2D eigenvalue weighted by molar-refractivity contribution is -0.870. The summed E-state index contributed by atoms with van der Waals surface area (Å²) >= 11 is 0. The average Bonchev–Trinajstić information content (AvgIpc) is 3.71. The Kier molecular flexibility index (Phi) is 66.7. The van der Waals surface area contributed by atoms with Gasteiger partial charge in [0.15, 0.2) is 12.4 Å². The van der Waals surface area contributed by atoms with Gasteiger partial charge in [0.1, 0.15) is 13.2 Å². The van der Waals surface area contributed by atoms with E-state index in [1.54, 1.807) is 0 Å². The SMILES string of the molecule is CC/C=C\C/C=C\C/C=C\C/C=C\C/C=C\C/C=C\C/C=C\C/C=C\CCCCCCC(=O)OC(COC(=O)CCCCCCCCCCCCCCCCCCCCCCCCC/C=C\CCCCCCCCCC)COC(OCC[N+](C)(C)C)C(=O)[O-]. The van der Waals surface area contributed by atoms with Crippen molar-refractivity contribution >= 4 is 17.9 Å². The molecule has 0 spiro atoms. The number of nitrogens with zero attached hydrogens (tertiary/aromatic N) is 1. The number of carbonyl (C=O) groups is 3. The van der Waals surface area contributed by atoms with Crippen molar-refractivity contribution < 1.29 is 42.9 Å². The number of quaternary nitrogens is 1. The van der Waals surface area contributed by atoms with E-state index in [0.29, 0.717) is 17.4 Å². The summed E-state index contributed by atoms with van der Waals surface area (Å²) < 4.78 is 22.8. The van der Waals surface area contributed by atoms with E-state index in [1.165, 1.54) is 193 Å². The minimum absolute atomic E-state index is 0.138. The van der Waals surface area contributed by atoms with Crippen molar-refractivity contribution in [1.82, 2.24) is 0 Å². The van der Waals surface area contributed by atoms with Crippen LogP contribution < -0.4 is 5.11 Å². The van der Waals surface area contributed by atoms with Crippen molar-refractivity contribution in [3.8, 4) is 0 Å². The fraction of sp³-hybridized carbons (Fsp3) is 0.738. The Bertz CT molecular complexity index is 1830. The van der Waals surface area contributed by atoms with E-state index in [1.807, 2.05) is 21.1 Å². The summed E-state index contributed by atoms with van der Waals surface area (Å²) in [5.41, 5.74) is 0. The normalized spacial score (nSPS) is 13.3. The zero-order valence-electron chi connectivity index (χ0n) is 58.5. The van der Waals surface area contributed by atoms with Gasteiger partial charge in [-0.1, -0.05) is 316 Å². The third kappa shape index (κ3) is 71.3. The number of esters is 2. The molecule has 512 valence electrons. The second-order valence-corrected chi connectivity index (χ2v) is 25.9. The van der Waals surface area contributed by atoms with E-state index in [0.717, 1.165) is 96.3 Å². The van der Waals surface area contributed by atoms with Crippen molar-refractivity contribution in [2.45, 2.75) is 334 Å². The molecule has 0 aliphatic carbocycles. The molecule has 0 fully saturated rings. The highest BCUT2D eigenvalue weighted by Gasteiger charge is 2.22. The number of unbranched alkanes of at least 4 members (excludes halogenated alkanes) is 35. The van der Waals surface area contributed by atoms with Gasteiger partial charge in [0, 0.05) is 12.8 Å². The average molecular weight is 1240 g/mol. The van der Waals surface area contributed by atoms with Crippen LogP contribution in [-0.4, -0.2) is 82.3 Å². The molecule has 0 bridgehead atoms. The van der Waals surface area contributed by atoms with Crippen LogP contribution in [0.25, 0.3) is 0 Å². The van der Waals surface area contributed by atoms with Crippen LogP contribution >= 0.6 is 0 Å². The monoisotopic (exact) mass is 1240 g/mol. The van der Waals surface area contributed by atoms with Crippen LogP contribution in [-0.2, 0) is 33.3 Å². The Morgan fingerprint density at radius 3 is 0.966 bits per heavy atom. The number of aliphatic carboxylic acids is 1. The Hall–Kier alpha value is -4.05. The van der Waals surface area contributed by atoms with Gasteiger partial charge < -0.3 is 33.3 Å². The highest BCUT2D eigenvalue weighted by atomic mass is 16.7. The number of rotatable bonds is 68. The van der Waals surface area contributed by atoms with Gasteiger partial charge >= 0.3 is 11.9 Å². The number of allylic oxidation sites excluding steroid dienone is 18. The van der Waals surface area contributed by atoms with Gasteiger partial charge in [-0.05, 0) is 103 Å². The Balaban J connectivity index is 4.11. The molecule has 9 nitrogen and oxygen atoms in total. The van der Waals surface area contributed by atoms with Crippen molar-refractivity contribution in [2.75, 3.05) is 47.5 Å². The molecule has 0 aliphatic rings. The first kappa shape index (κ1) is 85.0. The third-order valence-electron chi connectivity index (χ3n) is 16.0. The third-order valence-corrected chi connectivity index (χ3v) is 16.0. The first-order valence-electron chi connectivity index (χ1n) is 37.0. The van der Waals surface area contributed by atoms with Crippen molar-refractivity contribution in [2.24, 2.45) is 0 Å². The fourth-order valence-electron chi connectivity index (χ4n) is 10.4. The molecule has 0 N–H and O–H groups in total. The Labute approximate surface area is 549 Å². The van der Waals surface area contributed by atoms with Crippen LogP contribution in [0.1, 0.15) is 322 Å². The molecule has 0 amide bonds. The van der Waals surface area contributed by atoms with E-state index in [-0.39, 0.29) is 38.6 Å². The predicted octanol–water partition coefficient (Wildman–Crippen LogP) is 22.0. The molecule has 2 atom stereocenters. The molecule has 9 heteroatoms. The van der Waals surface area contributed by atoms with E-state index < -0.39 is 24.3 Å². The van der Waals surface area contributed by atoms with Gasteiger partial charge in [0.25, 0.3) is 0 Å². The lowest BCUT2D eigenvalue weighted by Gasteiger charge is -2.26. The summed E-state index contributed by atoms with van der Waals surface area (Å²) in [5.74, 6) is -2.31. The Morgan fingerprint density at radius 2 is 0.640 bits per heavy atom. The maximum absolute atomic E-state index is 12.9. The van der Waals surface area contributed by atoms with E-state index in [2.05, 4.69) is 123 Å². The van der Waals surface area contributed by atoms with Gasteiger partial charge in [-0.2, -0.15) is 0 Å². The molecule has 0 rings (SSSR count). The largest absolute Gasteiger partial charge is 0.545 e. The highest BCUT2D eigenvalue weighted by Crippen LogP contribution is 2.18. The molecule has 89 heavy (non-hydrogen) atoms. The van der Waals surface area contributed by atoms with Gasteiger partial charge in [-0.3, -0.25) is 9.59 Å². The van der Waals surface area contributed by atoms with Crippen LogP contribution in [0.3, 0.4) is 0 Å². The van der Waals surface area contributed by atoms with E-state index in [9.17, 15) is 19.5 Å². The maximum atomic E-state index is 12.9. The summed E-state index contributed by atoms with van der Waals surface area (Å²) in [7, 11) is 5.92. The van der Waals surface area contributed by atoms with Gasteiger partial charge in [-0.25, -0.2) is 0 Å². The lowest BCUT2D eigenvalue weighted by atomic mass is 10.0. The second-order valence-electron chi connectivity index (χ2n) is 25.9. The first-order chi connectivity index (χ1) is 43.6. The van der Waals surface area contributed by atoms with Gasteiger partial charge in [0.05, 0.1) is 40.3 Å². The van der Waals surface area contributed by atoms with E-state index in [4.69, 9.17) is 18.9 Å². The number of carboxylic acids is 1. The topological polar surface area (TPSA) is 111 Å². The standard InChI is InChI=1S/C80H139NO8/c1-6-8-10-12-14-16-18-20-22-24-26-28-30-32-34-36-37-38-39-40-41-43-44-46-48-50-52-54-56-58-60-62-64-66-68-70-77(82)87-74-76(75-88-80(79(84)85)86-73-72-81(3,4)5)89-78(83)71-69-67-65-63-61-59-57-55-53-51-49-47-45-42-35-33-31-29-27-25-23-21-19-17-15-13-11-9-7-2/h9,11,15,17,21,23-24,26-27,29,33,35,45,47,51,53,57,59,76,80H,6-8,10,12-14,16,18-20,22,25,28,30-32,34,36-44,46,48-50,52,54-56,58,60-75H2,1-5H3/b11-9-,17-15-,23-21-,26-24-,29-27-,35-33-,47-45-,53-51-,59-57-. The molecule has 0 radical (unpaired) electrons. The molecule has 0 heterocycles. The molecular formula is C80H139NO8. The zero-order chi connectivity index (χ0) is 64.7. The van der Waals surface area contributed by atoms with Crippen molar-refractivity contribution in [3.63, 3.8) is 0 Å². The lowest BCUT2D eigenvalue weighted by Crippen LogP contribution is -2.44. The number of hydrogen-bond acceptors (Lipinski definition) is 8. The number of ether oxygens (including phenoxy) is 4. The highest BCUT2D eigenvalue weighted by molar-refractivity contribution is 5.70. The minimum Gasteiger partial charge on any atom is -0.545 e. The van der Waals surface area contributed by atoms with Crippen LogP contribution in [0, 0.1) is 0 Å². The number of hydrogen-bond donors (Lipinski definition) is 0. The molecule has 0 saturated heterocycles. The smallest absolute Gasteiger partial charge is 0.306 e. The van der Waals surface area contributed by atoms with Crippen molar-refractivity contribution in [1.29, 1.82) is 0 Å². The quantitative estimate of drug-likeness (QED) is 0.0195. The van der Waals surface area contributed by atoms with Gasteiger partial charge in [-0.15, -0.1) is 0 Å². The minimum atomic E-state index is -1.64. The number of likely N-dealkylation sites (N-methyl/N-ethyl adjacent to an activating group) is 1. The summed E-state index contributed by atoms with van der Waals surface area (Å²) in [6.45, 7) is 4.63. The van der Waals surface area contributed by atoms with Crippen LogP contribution in [0.2, 0.25) is 0 Å². The van der Waals surface area contributed by atoms with Crippen LogP contribution in [0.4, 0.5) is 0 Å². The predicted molar refractivity (Wildman–Crippen MR) is 380 cm³/mol. The van der Waals surface area contributed by atoms with E-state index >= 15 is 0 Å². The number of carboxylic acid groups (broad SMARTS) is 1. The molecule has 0 aromatic rings. The molecule has 0 aromatic carbocycles. The fourth-order valence-corrected chi connectivity index (χ4v) is 10.4. The number of carbonyl (C=O) groups excluding carboxylic acids is 3. The zero-order valence-corrected chi connectivity index (χ0v) is 58.5. The molecule has 0 aliphatic heterocycles. The molecule has 2 unspecified atom stereocenters. The van der Waals surface area contributed by atoms with Gasteiger partial charge in [0.2, 0.25) is 0 Å². The first-order valence-corrected chi connectivity index (χ1v) is 37.0. The summed E-state index contributed by atoms with van der Waals surface area (Å²) in [6.07, 6.45) is 94.8. The molecular weight excluding hydrogens is 1100 g/mol. The van der Waals surface area contributed by atoms with Crippen LogP contribution in [0.15, 0.2) is 109 Å².